The third-order valence-corrected chi connectivity index (χ3v) is 4.42. The fourth-order valence-electron chi connectivity index (χ4n) is 2.50. The van der Waals surface area contributed by atoms with Gasteiger partial charge >= 0.3 is 0 Å². The van der Waals surface area contributed by atoms with Crippen LogP contribution < -0.4 is 15.6 Å². The molecule has 2 aromatic carbocycles. The van der Waals surface area contributed by atoms with E-state index in [1.54, 1.807) is 24.3 Å². The number of para-hydroxylation sites is 1. The number of nitrogens with one attached hydrogen (secondary N) is 1. The van der Waals surface area contributed by atoms with E-state index in [9.17, 15) is 9.59 Å². The fraction of sp³-hybridized carbons (Fsp3) is 0.105. The Labute approximate surface area is 165 Å². The number of halogens is 2. The van der Waals surface area contributed by atoms with Crippen LogP contribution in [0.2, 0.25) is 10.0 Å². The van der Waals surface area contributed by atoms with E-state index in [4.69, 9.17) is 27.9 Å². The molecule has 0 radical (unpaired) electrons. The summed E-state index contributed by atoms with van der Waals surface area (Å²) in [6.07, 6.45) is 0. The Bertz CT molecular complexity index is 1080. The number of hydrogen-bond acceptors (Lipinski definition) is 4. The van der Waals surface area contributed by atoms with Crippen LogP contribution in [-0.4, -0.2) is 22.8 Å². The Kier molecular flexibility index (Phi) is 5.48. The van der Waals surface area contributed by atoms with Gasteiger partial charge in [-0.2, -0.15) is 9.78 Å². The van der Waals surface area contributed by atoms with E-state index in [1.807, 2.05) is 19.1 Å². The Hall–Kier alpha value is -2.83. The van der Waals surface area contributed by atoms with Crippen LogP contribution in [0.4, 0.5) is 5.69 Å². The SMILES string of the molecule is COc1cc(=O)n(-c2ccccc2C)nc1C(=O)Nc1cc(Cl)ccc1Cl. The summed E-state index contributed by atoms with van der Waals surface area (Å²) in [6.45, 7) is 1.85. The van der Waals surface area contributed by atoms with Crippen molar-refractivity contribution in [3.05, 3.63) is 80.2 Å². The molecule has 1 N–H and O–H groups in total. The number of methoxy groups -OCH3 is 1. The lowest BCUT2D eigenvalue weighted by Gasteiger charge is -2.13. The minimum Gasteiger partial charge on any atom is -0.494 e. The zero-order chi connectivity index (χ0) is 19.6. The summed E-state index contributed by atoms with van der Waals surface area (Å²) < 4.78 is 6.32. The third-order valence-electron chi connectivity index (χ3n) is 3.85. The number of amides is 1. The van der Waals surface area contributed by atoms with Gasteiger partial charge in [-0.25, -0.2) is 0 Å². The van der Waals surface area contributed by atoms with Gasteiger partial charge in [-0.15, -0.1) is 0 Å². The molecule has 1 amide bonds. The van der Waals surface area contributed by atoms with Crippen LogP contribution >= 0.6 is 23.2 Å². The van der Waals surface area contributed by atoms with Gasteiger partial charge in [0, 0.05) is 5.02 Å². The molecule has 27 heavy (non-hydrogen) atoms. The van der Waals surface area contributed by atoms with Gasteiger partial charge in [-0.05, 0) is 36.8 Å². The van der Waals surface area contributed by atoms with Crippen LogP contribution in [0.5, 0.6) is 5.75 Å². The first kappa shape index (κ1) is 18.9. The lowest BCUT2D eigenvalue weighted by Crippen LogP contribution is -2.26. The molecule has 3 aromatic rings. The minimum atomic E-state index is -0.585. The molecule has 8 heteroatoms. The van der Waals surface area contributed by atoms with Crippen LogP contribution in [0.3, 0.4) is 0 Å². The highest BCUT2D eigenvalue weighted by Crippen LogP contribution is 2.26. The molecule has 1 heterocycles. The molecule has 0 fully saturated rings. The van der Waals surface area contributed by atoms with Gasteiger partial charge < -0.3 is 10.1 Å². The molecule has 0 saturated carbocycles. The topological polar surface area (TPSA) is 73.2 Å². The molecule has 0 atom stereocenters. The summed E-state index contributed by atoms with van der Waals surface area (Å²) in [4.78, 5) is 25.2. The largest absolute Gasteiger partial charge is 0.494 e. The molecule has 138 valence electrons. The smallest absolute Gasteiger partial charge is 0.280 e. The van der Waals surface area contributed by atoms with Gasteiger partial charge in [-0.3, -0.25) is 9.59 Å². The van der Waals surface area contributed by atoms with E-state index in [2.05, 4.69) is 10.4 Å². The van der Waals surface area contributed by atoms with Crippen molar-refractivity contribution < 1.29 is 9.53 Å². The van der Waals surface area contributed by atoms with Crippen molar-refractivity contribution in [1.29, 1.82) is 0 Å². The van der Waals surface area contributed by atoms with Crippen molar-refractivity contribution >= 4 is 34.8 Å². The number of benzene rings is 2. The normalized spacial score (nSPS) is 10.5. The number of anilines is 1. The highest BCUT2D eigenvalue weighted by Gasteiger charge is 2.19. The molecule has 0 aliphatic heterocycles. The van der Waals surface area contributed by atoms with Crippen LogP contribution in [0.1, 0.15) is 16.1 Å². The van der Waals surface area contributed by atoms with Crippen molar-refractivity contribution in [2.45, 2.75) is 6.92 Å². The quantitative estimate of drug-likeness (QED) is 0.711. The van der Waals surface area contributed by atoms with Gasteiger partial charge in [0.1, 0.15) is 0 Å². The first-order valence-electron chi connectivity index (χ1n) is 7.91. The molecular weight excluding hydrogens is 389 g/mol. The molecule has 0 bridgehead atoms. The molecular formula is C19H15Cl2N3O3. The molecule has 0 spiro atoms. The maximum atomic E-state index is 12.8. The van der Waals surface area contributed by atoms with E-state index < -0.39 is 11.5 Å². The molecule has 3 rings (SSSR count). The summed E-state index contributed by atoms with van der Waals surface area (Å²) >= 11 is 12.0. The Morgan fingerprint density at radius 2 is 1.89 bits per heavy atom. The van der Waals surface area contributed by atoms with Crippen molar-refractivity contribution in [1.82, 2.24) is 9.78 Å². The minimum absolute atomic E-state index is 0.0560. The van der Waals surface area contributed by atoms with Gasteiger partial charge in [0.05, 0.1) is 29.6 Å². The summed E-state index contributed by atoms with van der Waals surface area (Å²) in [7, 11) is 1.36. The molecule has 0 aliphatic rings. The summed E-state index contributed by atoms with van der Waals surface area (Å²) in [5.74, 6) is -0.529. The predicted octanol–water partition coefficient (Wildman–Crippen LogP) is 4.11. The second kappa shape index (κ2) is 7.82. The van der Waals surface area contributed by atoms with Crippen molar-refractivity contribution in [3.63, 3.8) is 0 Å². The maximum absolute atomic E-state index is 12.8. The third kappa shape index (κ3) is 3.97. The Morgan fingerprint density at radius 3 is 2.59 bits per heavy atom. The first-order valence-corrected chi connectivity index (χ1v) is 8.67. The fourth-order valence-corrected chi connectivity index (χ4v) is 2.84. The summed E-state index contributed by atoms with van der Waals surface area (Å²) in [5.41, 5.74) is 1.25. The van der Waals surface area contributed by atoms with Gasteiger partial charge in [0.25, 0.3) is 11.5 Å². The number of aryl methyl sites for hydroxylation is 1. The van der Waals surface area contributed by atoms with Crippen LogP contribution in [0, 0.1) is 6.92 Å². The number of rotatable bonds is 4. The first-order chi connectivity index (χ1) is 12.9. The highest BCUT2D eigenvalue weighted by molar-refractivity contribution is 6.35. The number of carbonyl (C=O) groups excluding carboxylic acids is 1. The summed E-state index contributed by atoms with van der Waals surface area (Å²) in [5, 5.41) is 7.59. The molecule has 1 aromatic heterocycles. The second-order valence-corrected chi connectivity index (χ2v) is 6.52. The summed E-state index contributed by atoms with van der Waals surface area (Å²) in [6, 6.07) is 13.1. The van der Waals surface area contributed by atoms with Crippen molar-refractivity contribution in [3.8, 4) is 11.4 Å². The van der Waals surface area contributed by atoms with Crippen LogP contribution in [0.15, 0.2) is 53.3 Å². The zero-order valence-corrected chi connectivity index (χ0v) is 16.0. The van der Waals surface area contributed by atoms with Crippen molar-refractivity contribution in [2.75, 3.05) is 12.4 Å². The number of aromatic nitrogens is 2. The zero-order valence-electron chi connectivity index (χ0n) is 14.5. The lowest BCUT2D eigenvalue weighted by atomic mass is 10.2. The van der Waals surface area contributed by atoms with Gasteiger partial charge in [0.15, 0.2) is 11.4 Å². The van der Waals surface area contributed by atoms with Crippen LogP contribution in [-0.2, 0) is 0 Å². The second-order valence-electron chi connectivity index (χ2n) is 5.68. The average molecular weight is 404 g/mol. The molecule has 0 unspecified atom stereocenters. The van der Waals surface area contributed by atoms with Crippen LogP contribution in [0.25, 0.3) is 5.69 Å². The monoisotopic (exact) mass is 403 g/mol. The van der Waals surface area contributed by atoms with E-state index in [1.165, 1.54) is 19.2 Å². The lowest BCUT2D eigenvalue weighted by molar-refractivity contribution is 0.101. The number of hydrogen-bond donors (Lipinski definition) is 1. The number of nitrogens with zero attached hydrogens (tertiary/aromatic N) is 2. The molecule has 6 nitrogen and oxygen atoms in total. The maximum Gasteiger partial charge on any atom is 0.280 e. The van der Waals surface area contributed by atoms with Crippen molar-refractivity contribution in [2.24, 2.45) is 0 Å². The van der Waals surface area contributed by atoms with E-state index in [-0.39, 0.29) is 11.4 Å². The molecule has 0 saturated heterocycles. The van der Waals surface area contributed by atoms with E-state index >= 15 is 0 Å². The van der Waals surface area contributed by atoms with E-state index in [0.29, 0.717) is 21.4 Å². The Morgan fingerprint density at radius 1 is 1.15 bits per heavy atom. The average Bonchev–Trinajstić information content (AvgIpc) is 2.65. The molecule has 0 aliphatic carbocycles. The van der Waals surface area contributed by atoms with E-state index in [0.717, 1.165) is 10.2 Å². The number of ether oxygens (including phenoxy) is 1. The number of carbonyl (C=O) groups is 1. The van der Waals surface area contributed by atoms with Gasteiger partial charge in [0.2, 0.25) is 0 Å². The van der Waals surface area contributed by atoms with Gasteiger partial charge in [-0.1, -0.05) is 41.4 Å². The Balaban J connectivity index is 2.07. The highest BCUT2D eigenvalue weighted by atomic mass is 35.5. The standard InChI is InChI=1S/C19H15Cl2N3O3/c1-11-5-3-4-6-15(11)24-17(25)10-16(27-2)18(23-24)19(26)22-14-9-12(20)7-8-13(14)21/h3-10H,1-2H3,(H,22,26). The predicted molar refractivity (Wildman–Crippen MR) is 106 cm³/mol.